The van der Waals surface area contributed by atoms with Crippen molar-refractivity contribution in [3.8, 4) is 55.6 Å². The van der Waals surface area contributed by atoms with Gasteiger partial charge in [0, 0.05) is 25.2 Å². The standard InChI is InChI=1S/C60H66Br2/c1-10-11-27-59(28-24-37(2)3)54-33-42(14-20-48(54)50-22-16-44(61)35-56(50)59)40-12-18-46-47-19-13-41(32-53(47)58(8,9)52(46)31-40)43-15-21-49-51-23-17-45(62)36-57(51)60(55(49)34-43,29-25-38(4)5)30-26-39(6)7/h12-23,31-39H,10-11,24-30H2,1-9H3. The molecule has 0 nitrogen and oxygen atoms in total. The van der Waals surface area contributed by atoms with Crippen LogP contribution in [0.3, 0.4) is 0 Å². The molecule has 3 aliphatic rings. The van der Waals surface area contributed by atoms with Gasteiger partial charge in [0.25, 0.3) is 0 Å². The van der Waals surface area contributed by atoms with Crippen LogP contribution in [0.15, 0.2) is 118 Å². The van der Waals surface area contributed by atoms with Gasteiger partial charge in [-0.15, -0.1) is 0 Å². The van der Waals surface area contributed by atoms with Crippen LogP contribution in [0.5, 0.6) is 0 Å². The van der Waals surface area contributed by atoms with Gasteiger partial charge in [-0.25, -0.2) is 0 Å². The van der Waals surface area contributed by atoms with Crippen molar-refractivity contribution in [3.63, 3.8) is 0 Å². The smallest absolute Gasteiger partial charge is 0.0216 e. The van der Waals surface area contributed by atoms with Gasteiger partial charge in [-0.05, 0) is 200 Å². The van der Waals surface area contributed by atoms with Gasteiger partial charge in [0.2, 0.25) is 0 Å². The molecule has 0 fully saturated rings. The summed E-state index contributed by atoms with van der Waals surface area (Å²) < 4.78 is 2.37. The monoisotopic (exact) mass is 944 g/mol. The van der Waals surface area contributed by atoms with E-state index in [1.807, 2.05) is 0 Å². The fourth-order valence-electron chi connectivity index (χ4n) is 11.8. The minimum Gasteiger partial charge on any atom is -0.0654 e. The lowest BCUT2D eigenvalue weighted by molar-refractivity contribution is 0.364. The molecule has 320 valence electrons. The van der Waals surface area contributed by atoms with E-state index in [9.17, 15) is 0 Å². The largest absolute Gasteiger partial charge is 0.0654 e. The average molecular weight is 947 g/mol. The quantitative estimate of drug-likeness (QED) is 0.102. The Morgan fingerprint density at radius 1 is 0.387 bits per heavy atom. The fraction of sp³-hybridized carbons (Fsp3) is 0.400. The van der Waals surface area contributed by atoms with Gasteiger partial charge in [0.1, 0.15) is 0 Å². The summed E-state index contributed by atoms with van der Waals surface area (Å²) in [5, 5.41) is 0. The highest BCUT2D eigenvalue weighted by Gasteiger charge is 2.45. The van der Waals surface area contributed by atoms with Gasteiger partial charge in [-0.2, -0.15) is 0 Å². The summed E-state index contributed by atoms with van der Waals surface area (Å²) in [6, 6.07) is 43.6. The molecule has 0 radical (unpaired) electrons. The Hall–Kier alpha value is -3.72. The molecule has 0 heterocycles. The Kier molecular flexibility index (Phi) is 11.7. The Morgan fingerprint density at radius 3 is 1.02 bits per heavy atom. The number of hydrogen-bond acceptors (Lipinski definition) is 0. The van der Waals surface area contributed by atoms with E-state index in [1.54, 1.807) is 0 Å². The molecule has 0 saturated heterocycles. The van der Waals surface area contributed by atoms with Crippen LogP contribution >= 0.6 is 31.9 Å². The minimum absolute atomic E-state index is 0.0168. The lowest BCUT2D eigenvalue weighted by Gasteiger charge is -2.34. The lowest BCUT2D eigenvalue weighted by atomic mass is 9.69. The highest BCUT2D eigenvalue weighted by Crippen LogP contribution is 2.58. The third-order valence-corrected chi connectivity index (χ3v) is 16.4. The number of unbranched alkanes of at least 4 members (excludes halogenated alkanes) is 1. The normalized spacial score (nSPS) is 17.3. The van der Waals surface area contributed by atoms with Crippen molar-refractivity contribution in [2.45, 2.75) is 136 Å². The molecule has 6 aromatic carbocycles. The molecule has 0 saturated carbocycles. The number of benzene rings is 6. The highest BCUT2D eigenvalue weighted by molar-refractivity contribution is 9.10. The Labute approximate surface area is 390 Å². The maximum atomic E-state index is 3.88. The number of halogens is 2. The topological polar surface area (TPSA) is 0 Å². The van der Waals surface area contributed by atoms with Gasteiger partial charge in [-0.3, -0.25) is 0 Å². The van der Waals surface area contributed by atoms with Gasteiger partial charge in [0.15, 0.2) is 0 Å². The summed E-state index contributed by atoms with van der Waals surface area (Å²) in [6.45, 7) is 21.5. The number of hydrogen-bond donors (Lipinski definition) is 0. The summed E-state index contributed by atoms with van der Waals surface area (Å²) in [5.41, 5.74) is 22.7. The zero-order valence-electron chi connectivity index (χ0n) is 38.7. The van der Waals surface area contributed by atoms with E-state index in [0.29, 0.717) is 17.8 Å². The van der Waals surface area contributed by atoms with Crippen LogP contribution < -0.4 is 0 Å². The molecule has 0 bridgehead atoms. The van der Waals surface area contributed by atoms with E-state index in [4.69, 9.17) is 0 Å². The second-order valence-corrected chi connectivity index (χ2v) is 22.9. The first-order valence-electron chi connectivity index (χ1n) is 23.9. The third-order valence-electron chi connectivity index (χ3n) is 15.4. The summed E-state index contributed by atoms with van der Waals surface area (Å²) in [4.78, 5) is 0. The van der Waals surface area contributed by atoms with Crippen molar-refractivity contribution in [3.05, 3.63) is 152 Å². The molecule has 3 aliphatic carbocycles. The molecule has 0 aromatic heterocycles. The first-order valence-corrected chi connectivity index (χ1v) is 25.5. The first-order chi connectivity index (χ1) is 29.7. The van der Waals surface area contributed by atoms with Crippen LogP contribution in [0.2, 0.25) is 0 Å². The zero-order valence-corrected chi connectivity index (χ0v) is 41.9. The lowest BCUT2D eigenvalue weighted by Crippen LogP contribution is -2.27. The van der Waals surface area contributed by atoms with Crippen LogP contribution in [0.1, 0.15) is 153 Å². The Morgan fingerprint density at radius 2 is 0.677 bits per heavy atom. The molecule has 0 amide bonds. The molecule has 9 rings (SSSR count). The van der Waals surface area contributed by atoms with Crippen molar-refractivity contribution >= 4 is 31.9 Å². The van der Waals surface area contributed by atoms with Gasteiger partial charge >= 0.3 is 0 Å². The van der Waals surface area contributed by atoms with Crippen LogP contribution in [-0.4, -0.2) is 0 Å². The molecular weight excluding hydrogens is 880 g/mol. The molecule has 6 aromatic rings. The molecular formula is C60H66Br2. The van der Waals surface area contributed by atoms with Crippen molar-refractivity contribution in [2.75, 3.05) is 0 Å². The Balaban J connectivity index is 1.09. The van der Waals surface area contributed by atoms with E-state index in [-0.39, 0.29) is 16.2 Å². The van der Waals surface area contributed by atoms with Gasteiger partial charge in [0.05, 0.1) is 0 Å². The van der Waals surface area contributed by atoms with E-state index in [1.165, 1.54) is 156 Å². The Bertz CT molecular complexity index is 2660. The van der Waals surface area contributed by atoms with Crippen molar-refractivity contribution in [2.24, 2.45) is 17.8 Å². The molecule has 0 N–H and O–H groups in total. The summed E-state index contributed by atoms with van der Waals surface area (Å²) >= 11 is 7.75. The molecule has 2 heteroatoms. The summed E-state index contributed by atoms with van der Waals surface area (Å²) in [6.07, 6.45) is 10.8. The zero-order chi connectivity index (χ0) is 43.7. The van der Waals surface area contributed by atoms with Crippen molar-refractivity contribution in [1.29, 1.82) is 0 Å². The van der Waals surface area contributed by atoms with Crippen LogP contribution in [0.4, 0.5) is 0 Å². The molecule has 62 heavy (non-hydrogen) atoms. The van der Waals surface area contributed by atoms with Crippen LogP contribution in [0, 0.1) is 17.8 Å². The van der Waals surface area contributed by atoms with E-state index >= 15 is 0 Å². The molecule has 1 atom stereocenters. The third kappa shape index (κ3) is 7.32. The molecule has 1 unspecified atom stereocenters. The minimum atomic E-state index is -0.129. The number of rotatable bonds is 14. The molecule has 0 spiro atoms. The fourth-order valence-corrected chi connectivity index (χ4v) is 12.5. The number of fused-ring (bicyclic) bond motifs is 9. The SMILES string of the molecule is CCCCC1(CCC(C)C)c2cc(Br)ccc2-c2ccc(-c3ccc4c(c3)C(C)(C)c3cc(-c5ccc6c(c5)C(CCC(C)C)(CCC(C)C)c5cc(Br)ccc5-6)ccc3-4)cc21. The second kappa shape index (κ2) is 16.7. The second-order valence-electron chi connectivity index (χ2n) is 21.1. The van der Waals surface area contributed by atoms with Crippen molar-refractivity contribution < 1.29 is 0 Å². The summed E-state index contributed by atoms with van der Waals surface area (Å²) in [5.74, 6) is 1.98. The maximum Gasteiger partial charge on any atom is 0.0216 e. The summed E-state index contributed by atoms with van der Waals surface area (Å²) in [7, 11) is 0. The van der Waals surface area contributed by atoms with E-state index < -0.39 is 0 Å². The van der Waals surface area contributed by atoms with Gasteiger partial charge in [-0.1, -0.05) is 168 Å². The first kappa shape index (κ1) is 43.5. The average Bonchev–Trinajstić information content (AvgIpc) is 3.77. The highest BCUT2D eigenvalue weighted by atomic mass is 79.9. The van der Waals surface area contributed by atoms with Crippen LogP contribution in [0.25, 0.3) is 55.6 Å². The van der Waals surface area contributed by atoms with E-state index in [2.05, 4.69) is 203 Å². The van der Waals surface area contributed by atoms with Gasteiger partial charge < -0.3 is 0 Å². The molecule has 0 aliphatic heterocycles. The van der Waals surface area contributed by atoms with Crippen molar-refractivity contribution in [1.82, 2.24) is 0 Å². The van der Waals surface area contributed by atoms with E-state index in [0.717, 1.165) is 0 Å². The van der Waals surface area contributed by atoms with Crippen LogP contribution in [-0.2, 0) is 16.2 Å². The predicted molar refractivity (Wildman–Crippen MR) is 274 cm³/mol. The predicted octanol–water partition coefficient (Wildman–Crippen LogP) is 18.9. The maximum absolute atomic E-state index is 3.88.